The number of hydrogen-bond acceptors (Lipinski definition) is 1. The van der Waals surface area contributed by atoms with Crippen molar-refractivity contribution in [1.29, 1.82) is 0 Å². The molecule has 1 aliphatic rings. The lowest BCUT2D eigenvalue weighted by atomic mass is 10.1. The Morgan fingerprint density at radius 1 is 1.09 bits per heavy atom. The maximum atomic E-state index is 12.2. The van der Waals surface area contributed by atoms with Crippen molar-refractivity contribution in [2.75, 3.05) is 13.6 Å². The molecular weight excluding hydrogens is 272 g/mol. The topological polar surface area (TPSA) is 32.3 Å². The van der Waals surface area contributed by atoms with Crippen molar-refractivity contribution < 1.29 is 4.79 Å². The Bertz CT molecular complexity index is 612. The van der Waals surface area contributed by atoms with Crippen LogP contribution in [0.15, 0.2) is 60.7 Å². The summed E-state index contributed by atoms with van der Waals surface area (Å²) in [5, 5.41) is 3.13. The Labute approximate surface area is 132 Å². The van der Waals surface area contributed by atoms with E-state index < -0.39 is 0 Å². The van der Waals surface area contributed by atoms with E-state index in [1.54, 1.807) is 4.90 Å². The van der Waals surface area contributed by atoms with E-state index in [0.29, 0.717) is 5.92 Å². The van der Waals surface area contributed by atoms with Gasteiger partial charge in [0.1, 0.15) is 0 Å². The molecule has 1 fully saturated rings. The highest BCUT2D eigenvalue weighted by atomic mass is 16.2. The van der Waals surface area contributed by atoms with E-state index in [1.807, 2.05) is 31.3 Å². The number of rotatable bonds is 5. The first-order valence-corrected chi connectivity index (χ1v) is 7.84. The molecule has 3 heteroatoms. The number of likely N-dealkylation sites (N-methyl/N-ethyl adjacent to an activating group) is 1. The van der Waals surface area contributed by atoms with Gasteiger partial charge in [0.2, 0.25) is 0 Å². The minimum atomic E-state index is 0.0272. The van der Waals surface area contributed by atoms with Gasteiger partial charge in [-0.15, -0.1) is 0 Å². The summed E-state index contributed by atoms with van der Waals surface area (Å²) in [6.45, 7) is 0.735. The van der Waals surface area contributed by atoms with Crippen molar-refractivity contribution in [3.8, 4) is 0 Å². The third-order valence-corrected chi connectivity index (χ3v) is 4.25. The van der Waals surface area contributed by atoms with E-state index in [-0.39, 0.29) is 12.1 Å². The largest absolute Gasteiger partial charge is 0.335 e. The summed E-state index contributed by atoms with van der Waals surface area (Å²) in [6, 6.07) is 21.0. The smallest absolute Gasteiger partial charge is 0.317 e. The number of benzene rings is 2. The van der Waals surface area contributed by atoms with Gasteiger partial charge in [-0.1, -0.05) is 60.7 Å². The van der Waals surface area contributed by atoms with Gasteiger partial charge in [0.25, 0.3) is 0 Å². The van der Waals surface area contributed by atoms with Crippen LogP contribution in [0.3, 0.4) is 0 Å². The number of carbonyl (C=O) groups excluding carboxylic acids is 1. The van der Waals surface area contributed by atoms with E-state index in [1.165, 1.54) is 11.1 Å². The lowest BCUT2D eigenvalue weighted by molar-refractivity contribution is 0.208. The molecule has 22 heavy (non-hydrogen) atoms. The molecule has 0 bridgehead atoms. The summed E-state index contributed by atoms with van der Waals surface area (Å²) >= 11 is 0. The zero-order valence-corrected chi connectivity index (χ0v) is 12.9. The van der Waals surface area contributed by atoms with Gasteiger partial charge in [0.15, 0.2) is 0 Å². The second-order valence-corrected chi connectivity index (χ2v) is 5.97. The van der Waals surface area contributed by atoms with Gasteiger partial charge in [0, 0.05) is 25.6 Å². The van der Waals surface area contributed by atoms with Gasteiger partial charge in [-0.25, -0.2) is 4.79 Å². The summed E-state index contributed by atoms with van der Waals surface area (Å²) < 4.78 is 0. The van der Waals surface area contributed by atoms with Crippen molar-refractivity contribution in [2.45, 2.75) is 24.8 Å². The normalized spacial score (nSPS) is 19.5. The molecule has 0 radical (unpaired) electrons. The van der Waals surface area contributed by atoms with E-state index in [4.69, 9.17) is 0 Å². The average Bonchev–Trinajstić information content (AvgIpc) is 3.33. The van der Waals surface area contributed by atoms with Crippen LogP contribution in [0.4, 0.5) is 4.79 Å². The fourth-order valence-corrected chi connectivity index (χ4v) is 2.73. The van der Waals surface area contributed by atoms with Crippen LogP contribution in [-0.2, 0) is 6.42 Å². The van der Waals surface area contributed by atoms with Crippen LogP contribution in [0.25, 0.3) is 0 Å². The minimum Gasteiger partial charge on any atom is -0.335 e. The molecule has 114 valence electrons. The van der Waals surface area contributed by atoms with E-state index in [0.717, 1.165) is 19.4 Å². The Morgan fingerprint density at radius 3 is 2.41 bits per heavy atom. The summed E-state index contributed by atoms with van der Waals surface area (Å²) in [5.41, 5.74) is 2.58. The fraction of sp³-hybridized carbons (Fsp3) is 0.316. The second kappa shape index (κ2) is 6.65. The zero-order valence-electron chi connectivity index (χ0n) is 12.9. The van der Waals surface area contributed by atoms with E-state index in [2.05, 4.69) is 41.7 Å². The molecule has 0 saturated heterocycles. The Hall–Kier alpha value is -2.29. The van der Waals surface area contributed by atoms with Crippen molar-refractivity contribution in [2.24, 2.45) is 0 Å². The third kappa shape index (κ3) is 3.67. The van der Waals surface area contributed by atoms with Crippen LogP contribution >= 0.6 is 0 Å². The van der Waals surface area contributed by atoms with Crippen molar-refractivity contribution in [1.82, 2.24) is 10.2 Å². The number of urea groups is 1. The molecule has 0 heterocycles. The van der Waals surface area contributed by atoms with Gasteiger partial charge in [0.05, 0.1) is 0 Å². The van der Waals surface area contributed by atoms with Crippen molar-refractivity contribution >= 4 is 6.03 Å². The highest BCUT2D eigenvalue weighted by Crippen LogP contribution is 2.40. The van der Waals surface area contributed by atoms with Crippen LogP contribution in [0.5, 0.6) is 0 Å². The standard InChI is InChI=1S/C19H22N2O/c1-21(13-12-15-8-4-2-5-9-15)19(22)20-18-14-17(18)16-10-6-3-7-11-16/h2-11,17-18H,12-14H2,1H3,(H,20,22). The first-order chi connectivity index (χ1) is 10.7. The van der Waals surface area contributed by atoms with Crippen LogP contribution in [0.1, 0.15) is 23.5 Å². The van der Waals surface area contributed by atoms with Gasteiger partial charge in [-0.3, -0.25) is 0 Å². The van der Waals surface area contributed by atoms with Gasteiger partial charge in [-0.05, 0) is 24.0 Å². The Kier molecular flexibility index (Phi) is 4.42. The molecule has 1 N–H and O–H groups in total. The number of nitrogens with one attached hydrogen (secondary N) is 1. The molecule has 3 nitrogen and oxygen atoms in total. The van der Waals surface area contributed by atoms with Gasteiger partial charge in [-0.2, -0.15) is 0 Å². The second-order valence-electron chi connectivity index (χ2n) is 5.97. The Morgan fingerprint density at radius 2 is 1.73 bits per heavy atom. The van der Waals surface area contributed by atoms with Crippen LogP contribution in [-0.4, -0.2) is 30.6 Å². The molecular formula is C19H22N2O. The third-order valence-electron chi connectivity index (χ3n) is 4.25. The molecule has 2 amide bonds. The molecule has 0 spiro atoms. The number of hydrogen-bond donors (Lipinski definition) is 1. The van der Waals surface area contributed by atoms with Gasteiger partial charge >= 0.3 is 6.03 Å². The first kappa shape index (κ1) is 14.6. The summed E-state index contributed by atoms with van der Waals surface area (Å²) in [4.78, 5) is 14.0. The molecule has 2 aromatic rings. The maximum Gasteiger partial charge on any atom is 0.317 e. The number of nitrogens with zero attached hydrogens (tertiary/aromatic N) is 1. The number of carbonyl (C=O) groups is 1. The fourth-order valence-electron chi connectivity index (χ4n) is 2.73. The SMILES string of the molecule is CN(CCc1ccccc1)C(=O)NC1CC1c1ccccc1. The average molecular weight is 294 g/mol. The lowest BCUT2D eigenvalue weighted by Crippen LogP contribution is -2.39. The lowest BCUT2D eigenvalue weighted by Gasteiger charge is -2.18. The van der Waals surface area contributed by atoms with Crippen LogP contribution in [0, 0.1) is 0 Å². The zero-order chi connectivity index (χ0) is 15.4. The molecule has 2 atom stereocenters. The monoisotopic (exact) mass is 294 g/mol. The van der Waals surface area contributed by atoms with Gasteiger partial charge < -0.3 is 10.2 Å². The summed E-state index contributed by atoms with van der Waals surface area (Å²) in [7, 11) is 1.86. The minimum absolute atomic E-state index is 0.0272. The summed E-state index contributed by atoms with van der Waals surface area (Å²) in [6.07, 6.45) is 1.93. The first-order valence-electron chi connectivity index (χ1n) is 7.84. The molecule has 0 aliphatic heterocycles. The highest BCUT2D eigenvalue weighted by molar-refractivity contribution is 5.75. The van der Waals surface area contributed by atoms with E-state index >= 15 is 0 Å². The molecule has 0 aromatic heterocycles. The van der Waals surface area contributed by atoms with Crippen molar-refractivity contribution in [3.63, 3.8) is 0 Å². The predicted molar refractivity (Wildman–Crippen MR) is 88.9 cm³/mol. The van der Waals surface area contributed by atoms with Crippen molar-refractivity contribution in [3.05, 3.63) is 71.8 Å². The molecule has 1 saturated carbocycles. The maximum absolute atomic E-state index is 12.2. The predicted octanol–water partition coefficient (Wildman–Crippen LogP) is 3.43. The van der Waals surface area contributed by atoms with E-state index in [9.17, 15) is 4.79 Å². The number of amides is 2. The molecule has 2 unspecified atom stereocenters. The van der Waals surface area contributed by atoms with Crippen LogP contribution in [0.2, 0.25) is 0 Å². The quantitative estimate of drug-likeness (QED) is 0.900. The van der Waals surface area contributed by atoms with Crippen LogP contribution < -0.4 is 5.32 Å². The highest BCUT2D eigenvalue weighted by Gasteiger charge is 2.39. The molecule has 1 aliphatic carbocycles. The molecule has 3 rings (SSSR count). The molecule has 2 aromatic carbocycles. The Balaban J connectivity index is 1.44. The summed E-state index contributed by atoms with van der Waals surface area (Å²) in [5.74, 6) is 0.479.